The van der Waals surface area contributed by atoms with E-state index in [0.717, 1.165) is 35.4 Å². The summed E-state index contributed by atoms with van der Waals surface area (Å²) in [6.07, 6.45) is 9.09. The third-order valence-corrected chi connectivity index (χ3v) is 6.60. The van der Waals surface area contributed by atoms with Crippen LogP contribution in [0.4, 0.5) is 4.39 Å². The topological polar surface area (TPSA) is 0 Å². The Labute approximate surface area is 180 Å². The summed E-state index contributed by atoms with van der Waals surface area (Å²) in [5.74, 6) is 1.38. The number of halogens is 1. The van der Waals surface area contributed by atoms with Crippen LogP contribution in [0.2, 0.25) is 0 Å². The van der Waals surface area contributed by atoms with Crippen LogP contribution in [0, 0.1) is 11.7 Å². The molecule has 0 bridgehead atoms. The molecule has 0 saturated heterocycles. The van der Waals surface area contributed by atoms with Gasteiger partial charge in [0.05, 0.1) is 0 Å². The standard InChI is InChI=1S/C29H31F/c1-3-4-5-22-8-12-26(13-9-22)28-19-18-27(20-29(28)30)25-16-14-24(15-17-25)23-10-6-21(2)7-11-23/h3,8-9,12-21,23H,1,4-7,10-11H2,2H3. The predicted octanol–water partition coefficient (Wildman–Crippen LogP) is 8.57. The lowest BCUT2D eigenvalue weighted by Crippen LogP contribution is -2.10. The van der Waals surface area contributed by atoms with E-state index in [9.17, 15) is 4.39 Å². The van der Waals surface area contributed by atoms with Crippen molar-refractivity contribution in [1.29, 1.82) is 0 Å². The largest absolute Gasteiger partial charge is 0.206 e. The fourth-order valence-electron chi connectivity index (χ4n) is 4.59. The highest BCUT2D eigenvalue weighted by molar-refractivity contribution is 5.71. The lowest BCUT2D eigenvalue weighted by atomic mass is 9.79. The number of aryl methyl sites for hydroxylation is 1. The highest BCUT2D eigenvalue weighted by atomic mass is 19.1. The van der Waals surface area contributed by atoms with E-state index < -0.39 is 0 Å². The van der Waals surface area contributed by atoms with Crippen LogP contribution < -0.4 is 0 Å². The Morgan fingerprint density at radius 2 is 1.47 bits per heavy atom. The van der Waals surface area contributed by atoms with Crippen LogP contribution in [0.5, 0.6) is 0 Å². The van der Waals surface area contributed by atoms with E-state index in [1.807, 2.05) is 30.3 Å². The van der Waals surface area contributed by atoms with Gasteiger partial charge in [0.25, 0.3) is 0 Å². The Kier molecular flexibility index (Phi) is 6.47. The summed E-state index contributed by atoms with van der Waals surface area (Å²) in [4.78, 5) is 0. The summed E-state index contributed by atoms with van der Waals surface area (Å²) < 4.78 is 14.9. The van der Waals surface area contributed by atoms with E-state index in [-0.39, 0.29) is 5.82 Å². The van der Waals surface area contributed by atoms with Gasteiger partial charge < -0.3 is 0 Å². The van der Waals surface area contributed by atoms with E-state index in [1.165, 1.54) is 36.8 Å². The van der Waals surface area contributed by atoms with E-state index in [0.29, 0.717) is 11.5 Å². The average molecular weight is 399 g/mol. The summed E-state index contributed by atoms with van der Waals surface area (Å²) in [6, 6.07) is 22.6. The van der Waals surface area contributed by atoms with Crippen LogP contribution in [0.3, 0.4) is 0 Å². The molecule has 0 N–H and O–H groups in total. The van der Waals surface area contributed by atoms with Gasteiger partial charge in [0.2, 0.25) is 0 Å². The fourth-order valence-corrected chi connectivity index (χ4v) is 4.59. The number of hydrogen-bond donors (Lipinski definition) is 0. The molecule has 0 spiro atoms. The zero-order chi connectivity index (χ0) is 20.9. The van der Waals surface area contributed by atoms with Gasteiger partial charge in [-0.25, -0.2) is 4.39 Å². The van der Waals surface area contributed by atoms with Gasteiger partial charge >= 0.3 is 0 Å². The van der Waals surface area contributed by atoms with Gasteiger partial charge in [-0.05, 0) is 71.4 Å². The van der Waals surface area contributed by atoms with Crippen LogP contribution in [0.1, 0.15) is 56.1 Å². The Morgan fingerprint density at radius 3 is 2.10 bits per heavy atom. The molecule has 0 radical (unpaired) electrons. The van der Waals surface area contributed by atoms with Gasteiger partial charge in [0.1, 0.15) is 5.82 Å². The maximum atomic E-state index is 14.9. The van der Waals surface area contributed by atoms with E-state index in [4.69, 9.17) is 0 Å². The summed E-state index contributed by atoms with van der Waals surface area (Å²) >= 11 is 0. The molecular weight excluding hydrogens is 367 g/mol. The first-order valence-corrected chi connectivity index (χ1v) is 11.2. The molecule has 3 aromatic carbocycles. The molecule has 1 saturated carbocycles. The van der Waals surface area contributed by atoms with Crippen molar-refractivity contribution < 1.29 is 4.39 Å². The third kappa shape index (κ3) is 4.73. The molecule has 0 aromatic heterocycles. The van der Waals surface area contributed by atoms with Crippen LogP contribution in [0.25, 0.3) is 22.3 Å². The molecule has 0 nitrogen and oxygen atoms in total. The molecule has 154 valence electrons. The number of benzene rings is 3. The molecule has 1 aliphatic carbocycles. The van der Waals surface area contributed by atoms with Crippen LogP contribution >= 0.6 is 0 Å². The highest BCUT2D eigenvalue weighted by Gasteiger charge is 2.19. The fraction of sp³-hybridized carbons (Fsp3) is 0.310. The molecule has 0 unspecified atom stereocenters. The summed E-state index contributed by atoms with van der Waals surface area (Å²) in [5, 5.41) is 0. The number of hydrogen-bond acceptors (Lipinski definition) is 0. The van der Waals surface area contributed by atoms with Crippen molar-refractivity contribution in [3.63, 3.8) is 0 Å². The molecule has 0 heterocycles. The number of allylic oxidation sites excluding steroid dienone is 1. The lowest BCUT2D eigenvalue weighted by Gasteiger charge is -2.26. The molecule has 1 fully saturated rings. The molecule has 30 heavy (non-hydrogen) atoms. The first-order chi connectivity index (χ1) is 14.6. The number of rotatable bonds is 6. The minimum atomic E-state index is -0.170. The SMILES string of the molecule is C=CCCc1ccc(-c2ccc(-c3ccc(C4CCC(C)CC4)cc3)cc2F)cc1. The quantitative estimate of drug-likeness (QED) is 0.365. The zero-order valence-electron chi connectivity index (χ0n) is 17.9. The molecule has 0 atom stereocenters. The third-order valence-electron chi connectivity index (χ3n) is 6.60. The minimum Gasteiger partial charge on any atom is -0.206 e. The normalized spacial score (nSPS) is 18.9. The van der Waals surface area contributed by atoms with Gasteiger partial charge in [-0.15, -0.1) is 6.58 Å². The van der Waals surface area contributed by atoms with Crippen molar-refractivity contribution in [3.05, 3.63) is 96.3 Å². The Morgan fingerprint density at radius 1 is 0.833 bits per heavy atom. The summed E-state index contributed by atoms with van der Waals surface area (Å²) in [7, 11) is 0. The Bertz CT molecular complexity index is 974. The second-order valence-corrected chi connectivity index (χ2v) is 8.80. The molecule has 0 aliphatic heterocycles. The molecular formula is C29H31F. The van der Waals surface area contributed by atoms with Crippen molar-refractivity contribution in [2.24, 2.45) is 5.92 Å². The first-order valence-electron chi connectivity index (χ1n) is 11.2. The predicted molar refractivity (Wildman–Crippen MR) is 126 cm³/mol. The molecule has 4 rings (SSSR count). The van der Waals surface area contributed by atoms with Crippen molar-refractivity contribution in [3.8, 4) is 22.3 Å². The van der Waals surface area contributed by atoms with E-state index >= 15 is 0 Å². The van der Waals surface area contributed by atoms with Crippen molar-refractivity contribution in [1.82, 2.24) is 0 Å². The van der Waals surface area contributed by atoms with Gasteiger partial charge in [-0.2, -0.15) is 0 Å². The van der Waals surface area contributed by atoms with E-state index in [2.05, 4.69) is 49.9 Å². The maximum Gasteiger partial charge on any atom is 0.131 e. The monoisotopic (exact) mass is 398 g/mol. The summed E-state index contributed by atoms with van der Waals surface area (Å²) in [6.45, 7) is 6.12. The molecule has 0 amide bonds. The molecule has 1 heteroatoms. The van der Waals surface area contributed by atoms with Crippen LogP contribution in [-0.2, 0) is 6.42 Å². The second-order valence-electron chi connectivity index (χ2n) is 8.80. The Hall–Kier alpha value is -2.67. The van der Waals surface area contributed by atoms with Crippen LogP contribution in [-0.4, -0.2) is 0 Å². The maximum absolute atomic E-state index is 14.9. The van der Waals surface area contributed by atoms with E-state index in [1.54, 1.807) is 6.07 Å². The second kappa shape index (κ2) is 9.43. The van der Waals surface area contributed by atoms with Crippen molar-refractivity contribution >= 4 is 0 Å². The van der Waals surface area contributed by atoms with Crippen LogP contribution in [0.15, 0.2) is 79.4 Å². The van der Waals surface area contributed by atoms with Crippen molar-refractivity contribution in [2.75, 3.05) is 0 Å². The average Bonchev–Trinajstić information content (AvgIpc) is 2.79. The first kappa shape index (κ1) is 20.6. The zero-order valence-corrected chi connectivity index (χ0v) is 17.9. The van der Waals surface area contributed by atoms with Gasteiger partial charge in [0, 0.05) is 5.56 Å². The minimum absolute atomic E-state index is 0.170. The Balaban J connectivity index is 1.49. The van der Waals surface area contributed by atoms with Gasteiger partial charge in [0.15, 0.2) is 0 Å². The van der Waals surface area contributed by atoms with Gasteiger partial charge in [-0.1, -0.05) is 86.5 Å². The molecule has 3 aromatic rings. The summed E-state index contributed by atoms with van der Waals surface area (Å²) in [5.41, 5.74) is 6.27. The van der Waals surface area contributed by atoms with Crippen molar-refractivity contribution in [2.45, 2.75) is 51.4 Å². The van der Waals surface area contributed by atoms with Gasteiger partial charge in [-0.3, -0.25) is 0 Å². The lowest BCUT2D eigenvalue weighted by molar-refractivity contribution is 0.348. The molecule has 1 aliphatic rings. The highest BCUT2D eigenvalue weighted by Crippen LogP contribution is 2.36. The smallest absolute Gasteiger partial charge is 0.131 e.